The van der Waals surface area contributed by atoms with Gasteiger partial charge in [0.05, 0.1) is 13.2 Å². The summed E-state index contributed by atoms with van der Waals surface area (Å²) in [4.78, 5) is 10.5. The zero-order valence-corrected chi connectivity index (χ0v) is 15.9. The molecular formula is C21H27NO6. The van der Waals surface area contributed by atoms with Crippen LogP contribution in [0, 0.1) is 0 Å². The number of aliphatic hydroxyl groups is 1. The van der Waals surface area contributed by atoms with E-state index in [1.807, 2.05) is 12.1 Å². The minimum Gasteiger partial charge on any atom is -0.508 e. The maximum absolute atomic E-state index is 10.5. The van der Waals surface area contributed by atoms with Gasteiger partial charge in [-0.25, -0.2) is 4.79 Å². The third-order valence-electron chi connectivity index (χ3n) is 4.13. The van der Waals surface area contributed by atoms with Crippen LogP contribution in [0.4, 0.5) is 0 Å². The van der Waals surface area contributed by atoms with Crippen molar-refractivity contribution in [1.82, 2.24) is 5.32 Å². The van der Waals surface area contributed by atoms with Crippen LogP contribution in [0.25, 0.3) is 0 Å². The van der Waals surface area contributed by atoms with Gasteiger partial charge < -0.3 is 30.1 Å². The van der Waals surface area contributed by atoms with E-state index in [1.165, 1.54) is 6.07 Å². The molecule has 0 aliphatic heterocycles. The summed E-state index contributed by atoms with van der Waals surface area (Å²) in [7, 11) is 0. The van der Waals surface area contributed by atoms with Crippen LogP contribution in [-0.2, 0) is 17.8 Å². The molecule has 0 spiro atoms. The van der Waals surface area contributed by atoms with Crippen molar-refractivity contribution >= 4 is 5.97 Å². The molecule has 152 valence electrons. The number of carbonyl (C=O) groups is 1. The third-order valence-corrected chi connectivity index (χ3v) is 4.13. The first-order valence-corrected chi connectivity index (χ1v) is 9.20. The van der Waals surface area contributed by atoms with Crippen LogP contribution < -0.4 is 14.8 Å². The number of rotatable bonds is 12. The Labute approximate surface area is 164 Å². The van der Waals surface area contributed by atoms with Crippen molar-refractivity contribution in [3.8, 4) is 17.2 Å². The zero-order valence-electron chi connectivity index (χ0n) is 15.9. The number of carboxylic acid groups (broad SMARTS) is 1. The monoisotopic (exact) mass is 389 g/mol. The summed E-state index contributed by atoms with van der Waals surface area (Å²) in [5.74, 6) is 0.236. The predicted molar refractivity (Wildman–Crippen MR) is 105 cm³/mol. The standard InChI is InChI=1S/C21H27NO6/c1-15(11-16-3-5-18(6-4-16)28-14-21(25)26)22-9-2-10-27-19-7-8-20(24)17(12-19)13-23/h3-8,12,15,22-24H,2,9-11,13-14H2,1H3,(H,25,26)/t15-/m1/s1. The van der Waals surface area contributed by atoms with Crippen LogP contribution in [0.3, 0.4) is 0 Å². The van der Waals surface area contributed by atoms with Crippen molar-refractivity contribution in [2.45, 2.75) is 32.4 Å². The van der Waals surface area contributed by atoms with Crippen LogP contribution in [0.1, 0.15) is 24.5 Å². The number of ether oxygens (including phenoxy) is 2. The van der Waals surface area contributed by atoms with Crippen LogP contribution >= 0.6 is 0 Å². The summed E-state index contributed by atoms with van der Waals surface area (Å²) >= 11 is 0. The van der Waals surface area contributed by atoms with Crippen LogP contribution in [0.5, 0.6) is 17.2 Å². The van der Waals surface area contributed by atoms with E-state index >= 15 is 0 Å². The zero-order chi connectivity index (χ0) is 20.4. The highest BCUT2D eigenvalue weighted by Crippen LogP contribution is 2.22. The SMILES string of the molecule is C[C@H](Cc1ccc(OCC(=O)O)cc1)NCCCOc1ccc(O)c(CO)c1. The molecule has 0 bridgehead atoms. The molecule has 0 fully saturated rings. The van der Waals surface area contributed by atoms with Crippen molar-refractivity contribution in [1.29, 1.82) is 0 Å². The molecule has 2 rings (SSSR count). The number of carboxylic acids is 1. The van der Waals surface area contributed by atoms with E-state index in [-0.39, 0.29) is 25.0 Å². The molecule has 28 heavy (non-hydrogen) atoms. The highest BCUT2D eigenvalue weighted by atomic mass is 16.5. The minimum absolute atomic E-state index is 0.0619. The third kappa shape index (κ3) is 7.46. The van der Waals surface area contributed by atoms with Gasteiger partial charge >= 0.3 is 5.97 Å². The second-order valence-electron chi connectivity index (χ2n) is 6.54. The van der Waals surface area contributed by atoms with Crippen molar-refractivity contribution in [3.63, 3.8) is 0 Å². The number of hydrogen-bond acceptors (Lipinski definition) is 6. The molecule has 0 saturated carbocycles. The molecule has 0 aliphatic rings. The first-order valence-electron chi connectivity index (χ1n) is 9.20. The average Bonchev–Trinajstić information content (AvgIpc) is 2.68. The number of aromatic hydroxyl groups is 1. The van der Waals surface area contributed by atoms with Crippen LogP contribution in [-0.4, -0.2) is 47.1 Å². The topological polar surface area (TPSA) is 108 Å². The molecule has 0 amide bonds. The number of phenols is 1. The quantitative estimate of drug-likeness (QED) is 0.413. The second-order valence-corrected chi connectivity index (χ2v) is 6.54. The maximum Gasteiger partial charge on any atom is 0.341 e. The van der Waals surface area contributed by atoms with Crippen molar-refractivity contribution in [2.75, 3.05) is 19.8 Å². The van der Waals surface area contributed by atoms with E-state index in [4.69, 9.17) is 19.7 Å². The fourth-order valence-corrected chi connectivity index (χ4v) is 2.68. The van der Waals surface area contributed by atoms with Gasteiger partial charge in [-0.2, -0.15) is 0 Å². The number of aliphatic hydroxyl groups excluding tert-OH is 1. The maximum atomic E-state index is 10.5. The summed E-state index contributed by atoms with van der Waals surface area (Å²) in [5.41, 5.74) is 1.59. The molecular weight excluding hydrogens is 362 g/mol. The minimum atomic E-state index is -0.995. The largest absolute Gasteiger partial charge is 0.508 e. The smallest absolute Gasteiger partial charge is 0.341 e. The van der Waals surface area contributed by atoms with E-state index in [0.29, 0.717) is 23.7 Å². The lowest BCUT2D eigenvalue weighted by Gasteiger charge is -2.15. The van der Waals surface area contributed by atoms with E-state index < -0.39 is 5.97 Å². The molecule has 1 atom stereocenters. The molecule has 0 radical (unpaired) electrons. The van der Waals surface area contributed by atoms with Gasteiger partial charge in [-0.05, 0) is 62.2 Å². The molecule has 0 aromatic heterocycles. The first kappa shape index (κ1) is 21.5. The summed E-state index contributed by atoms with van der Waals surface area (Å²) in [6.07, 6.45) is 1.67. The Bertz CT molecular complexity index is 747. The average molecular weight is 389 g/mol. The van der Waals surface area contributed by atoms with E-state index in [0.717, 1.165) is 24.9 Å². The summed E-state index contributed by atoms with van der Waals surface area (Å²) in [5, 5.41) is 30.7. The van der Waals surface area contributed by atoms with Crippen molar-refractivity contribution in [2.24, 2.45) is 0 Å². The summed E-state index contributed by atoms with van der Waals surface area (Å²) in [6.45, 7) is 2.86. The lowest BCUT2D eigenvalue weighted by Crippen LogP contribution is -2.29. The molecule has 0 unspecified atom stereocenters. The van der Waals surface area contributed by atoms with E-state index in [1.54, 1.807) is 24.3 Å². The summed E-state index contributed by atoms with van der Waals surface area (Å²) < 4.78 is 10.8. The Hall–Kier alpha value is -2.77. The number of benzene rings is 2. The first-order chi connectivity index (χ1) is 13.5. The Morgan fingerprint density at radius 2 is 1.82 bits per heavy atom. The highest BCUT2D eigenvalue weighted by molar-refractivity contribution is 5.68. The Balaban J connectivity index is 1.64. The number of nitrogens with one attached hydrogen (secondary N) is 1. The van der Waals surface area contributed by atoms with Gasteiger partial charge in [0.25, 0.3) is 0 Å². The van der Waals surface area contributed by atoms with E-state index in [9.17, 15) is 9.90 Å². The highest BCUT2D eigenvalue weighted by Gasteiger charge is 2.05. The van der Waals surface area contributed by atoms with Gasteiger partial charge in [0.2, 0.25) is 0 Å². The van der Waals surface area contributed by atoms with Gasteiger partial charge in [-0.15, -0.1) is 0 Å². The lowest BCUT2D eigenvalue weighted by molar-refractivity contribution is -0.139. The molecule has 7 heteroatoms. The molecule has 0 saturated heterocycles. The molecule has 2 aromatic rings. The lowest BCUT2D eigenvalue weighted by atomic mass is 10.1. The fraction of sp³-hybridized carbons (Fsp3) is 0.381. The normalized spacial score (nSPS) is 11.8. The van der Waals surface area contributed by atoms with Gasteiger partial charge in [-0.1, -0.05) is 12.1 Å². The summed E-state index contributed by atoms with van der Waals surface area (Å²) in [6, 6.07) is 12.5. The van der Waals surface area contributed by atoms with Crippen molar-refractivity contribution in [3.05, 3.63) is 53.6 Å². The van der Waals surface area contributed by atoms with Gasteiger partial charge in [0.15, 0.2) is 6.61 Å². The molecule has 0 heterocycles. The van der Waals surface area contributed by atoms with Crippen LogP contribution in [0.15, 0.2) is 42.5 Å². The van der Waals surface area contributed by atoms with Gasteiger partial charge in [0.1, 0.15) is 17.2 Å². The number of hydrogen-bond donors (Lipinski definition) is 4. The molecule has 0 aliphatic carbocycles. The Morgan fingerprint density at radius 1 is 1.11 bits per heavy atom. The second kappa shape index (κ2) is 11.2. The van der Waals surface area contributed by atoms with Crippen molar-refractivity contribution < 1.29 is 29.6 Å². The predicted octanol–water partition coefficient (Wildman–Crippen LogP) is 2.34. The van der Waals surface area contributed by atoms with E-state index in [2.05, 4.69) is 12.2 Å². The van der Waals surface area contributed by atoms with Gasteiger partial charge in [0, 0.05) is 11.6 Å². The van der Waals surface area contributed by atoms with Gasteiger partial charge in [-0.3, -0.25) is 0 Å². The van der Waals surface area contributed by atoms with Crippen LogP contribution in [0.2, 0.25) is 0 Å². The fourth-order valence-electron chi connectivity index (χ4n) is 2.68. The Kier molecular flexibility index (Phi) is 8.58. The molecule has 2 aromatic carbocycles. The Morgan fingerprint density at radius 3 is 2.50 bits per heavy atom. The number of aliphatic carboxylic acids is 1. The molecule has 7 nitrogen and oxygen atoms in total. The molecule has 4 N–H and O–H groups in total.